The van der Waals surface area contributed by atoms with E-state index in [0.29, 0.717) is 11.3 Å². The lowest BCUT2D eigenvalue weighted by molar-refractivity contribution is 0.0600. The highest BCUT2D eigenvalue weighted by Gasteiger charge is 2.18. The topological polar surface area (TPSA) is 64.6 Å². The maximum atomic E-state index is 11.6. The van der Waals surface area contributed by atoms with E-state index in [1.165, 1.54) is 14.2 Å². The van der Waals surface area contributed by atoms with Crippen LogP contribution in [0.25, 0.3) is 0 Å². The van der Waals surface area contributed by atoms with Gasteiger partial charge in [0, 0.05) is 5.69 Å². The maximum Gasteiger partial charge on any atom is 0.411 e. The van der Waals surface area contributed by atoms with Gasteiger partial charge in [0.1, 0.15) is 0 Å². The first kappa shape index (κ1) is 15.0. The fourth-order valence-corrected chi connectivity index (χ4v) is 1.54. The molecular formula is C14H19NO4. The van der Waals surface area contributed by atoms with Crippen molar-refractivity contribution in [1.82, 2.24) is 0 Å². The Morgan fingerprint density at radius 3 is 2.16 bits per heavy atom. The second-order valence-electron chi connectivity index (χ2n) is 5.16. The molecule has 0 aliphatic carbocycles. The summed E-state index contributed by atoms with van der Waals surface area (Å²) in [6, 6.07) is 5.12. The van der Waals surface area contributed by atoms with Crippen molar-refractivity contribution < 1.29 is 19.1 Å². The predicted octanol–water partition coefficient (Wildman–Crippen LogP) is 2.95. The van der Waals surface area contributed by atoms with E-state index in [9.17, 15) is 9.59 Å². The lowest BCUT2D eigenvalue weighted by Gasteiger charge is -2.21. The monoisotopic (exact) mass is 265 g/mol. The Kier molecular flexibility index (Phi) is 4.53. The van der Waals surface area contributed by atoms with Crippen molar-refractivity contribution in [1.29, 1.82) is 0 Å². The van der Waals surface area contributed by atoms with Gasteiger partial charge in [-0.15, -0.1) is 0 Å². The van der Waals surface area contributed by atoms with Crippen LogP contribution in [0.4, 0.5) is 10.5 Å². The maximum absolute atomic E-state index is 11.6. The van der Waals surface area contributed by atoms with E-state index in [-0.39, 0.29) is 5.41 Å². The first-order valence-electron chi connectivity index (χ1n) is 5.87. The molecule has 1 aromatic rings. The average molecular weight is 265 g/mol. The van der Waals surface area contributed by atoms with Crippen LogP contribution in [0.5, 0.6) is 0 Å². The van der Waals surface area contributed by atoms with Crippen LogP contribution in [0.3, 0.4) is 0 Å². The number of esters is 1. The van der Waals surface area contributed by atoms with E-state index in [1.54, 1.807) is 12.1 Å². The minimum absolute atomic E-state index is 0.156. The van der Waals surface area contributed by atoms with Crippen molar-refractivity contribution in [3.05, 3.63) is 29.3 Å². The van der Waals surface area contributed by atoms with Crippen LogP contribution >= 0.6 is 0 Å². The number of rotatable bonds is 2. The summed E-state index contributed by atoms with van der Waals surface area (Å²) in [4.78, 5) is 22.9. The molecule has 0 saturated carbocycles. The van der Waals surface area contributed by atoms with Gasteiger partial charge < -0.3 is 9.47 Å². The van der Waals surface area contributed by atoms with E-state index in [0.717, 1.165) is 5.56 Å². The van der Waals surface area contributed by atoms with Crippen LogP contribution in [0, 0.1) is 0 Å². The molecule has 0 saturated heterocycles. The van der Waals surface area contributed by atoms with Crippen LogP contribution in [-0.4, -0.2) is 26.3 Å². The molecule has 0 aliphatic heterocycles. The number of carbonyl (C=O) groups is 2. The lowest BCUT2D eigenvalue weighted by Crippen LogP contribution is -2.16. The first-order valence-corrected chi connectivity index (χ1v) is 5.87. The largest absolute Gasteiger partial charge is 0.465 e. The van der Waals surface area contributed by atoms with Crippen molar-refractivity contribution in [3.8, 4) is 0 Å². The van der Waals surface area contributed by atoms with Crippen molar-refractivity contribution >= 4 is 17.7 Å². The number of benzene rings is 1. The Hall–Kier alpha value is -2.04. The van der Waals surface area contributed by atoms with Gasteiger partial charge in [0.2, 0.25) is 0 Å². The molecule has 0 radical (unpaired) electrons. The van der Waals surface area contributed by atoms with Gasteiger partial charge in [-0.3, -0.25) is 5.32 Å². The van der Waals surface area contributed by atoms with Crippen molar-refractivity contribution in [2.24, 2.45) is 0 Å². The van der Waals surface area contributed by atoms with Crippen LogP contribution in [0.1, 0.15) is 36.7 Å². The average Bonchev–Trinajstić information content (AvgIpc) is 2.36. The molecule has 104 valence electrons. The molecule has 0 fully saturated rings. The third-order valence-electron chi connectivity index (χ3n) is 2.65. The van der Waals surface area contributed by atoms with Gasteiger partial charge in [0.15, 0.2) is 0 Å². The van der Waals surface area contributed by atoms with Crippen molar-refractivity contribution in [2.45, 2.75) is 26.2 Å². The molecule has 1 amide bonds. The van der Waals surface area contributed by atoms with Gasteiger partial charge in [-0.25, -0.2) is 9.59 Å². The normalized spacial score (nSPS) is 10.8. The van der Waals surface area contributed by atoms with Gasteiger partial charge in [-0.2, -0.15) is 0 Å². The fraction of sp³-hybridized carbons (Fsp3) is 0.429. The standard InChI is InChI=1S/C14H19NO4/c1-14(2,3)10-6-9(12(16)18-4)7-11(8-10)15-13(17)19-5/h6-8H,1-5H3,(H,15,17). The minimum Gasteiger partial charge on any atom is -0.465 e. The highest BCUT2D eigenvalue weighted by atomic mass is 16.5. The summed E-state index contributed by atoms with van der Waals surface area (Å²) in [5.74, 6) is -0.445. The summed E-state index contributed by atoms with van der Waals surface area (Å²) in [6.45, 7) is 6.06. The third kappa shape index (κ3) is 3.98. The molecule has 0 aromatic heterocycles. The fourth-order valence-electron chi connectivity index (χ4n) is 1.54. The zero-order valence-electron chi connectivity index (χ0n) is 11.9. The Morgan fingerprint density at radius 1 is 1.05 bits per heavy atom. The Balaban J connectivity index is 3.24. The van der Waals surface area contributed by atoms with Gasteiger partial charge in [0.05, 0.1) is 19.8 Å². The second-order valence-corrected chi connectivity index (χ2v) is 5.16. The van der Waals surface area contributed by atoms with Crippen LogP contribution in [-0.2, 0) is 14.9 Å². The summed E-state index contributed by atoms with van der Waals surface area (Å²) in [6.07, 6.45) is -0.582. The van der Waals surface area contributed by atoms with E-state index < -0.39 is 12.1 Å². The van der Waals surface area contributed by atoms with E-state index >= 15 is 0 Å². The molecule has 1 aromatic carbocycles. The molecule has 0 aliphatic rings. The minimum atomic E-state index is -0.582. The molecule has 0 unspecified atom stereocenters. The van der Waals surface area contributed by atoms with E-state index in [2.05, 4.69) is 10.1 Å². The Labute approximate surface area is 112 Å². The van der Waals surface area contributed by atoms with Gasteiger partial charge in [0.25, 0.3) is 0 Å². The van der Waals surface area contributed by atoms with Gasteiger partial charge in [-0.05, 0) is 29.2 Å². The number of nitrogens with one attached hydrogen (secondary N) is 1. The lowest BCUT2D eigenvalue weighted by atomic mass is 9.86. The number of amides is 1. The summed E-state index contributed by atoms with van der Waals surface area (Å²) < 4.78 is 9.25. The molecular weight excluding hydrogens is 246 g/mol. The molecule has 1 rings (SSSR count). The molecule has 0 heterocycles. The number of anilines is 1. The molecule has 19 heavy (non-hydrogen) atoms. The first-order chi connectivity index (χ1) is 8.77. The van der Waals surface area contributed by atoms with Crippen LogP contribution < -0.4 is 5.32 Å². The van der Waals surface area contributed by atoms with Gasteiger partial charge in [-0.1, -0.05) is 20.8 Å². The summed E-state index contributed by atoms with van der Waals surface area (Å²) in [5.41, 5.74) is 1.65. The van der Waals surface area contributed by atoms with E-state index in [4.69, 9.17) is 4.74 Å². The zero-order chi connectivity index (χ0) is 14.6. The number of ether oxygens (including phenoxy) is 2. The van der Waals surface area contributed by atoms with Crippen molar-refractivity contribution in [2.75, 3.05) is 19.5 Å². The quantitative estimate of drug-likeness (QED) is 0.835. The van der Waals surface area contributed by atoms with Gasteiger partial charge >= 0.3 is 12.1 Å². The predicted molar refractivity (Wildman–Crippen MR) is 72.5 cm³/mol. The summed E-state index contributed by atoms with van der Waals surface area (Å²) in [7, 11) is 2.60. The molecule has 1 N–H and O–H groups in total. The second kappa shape index (κ2) is 5.73. The Morgan fingerprint density at radius 2 is 1.68 bits per heavy atom. The van der Waals surface area contributed by atoms with Crippen molar-refractivity contribution in [3.63, 3.8) is 0 Å². The molecule has 0 bridgehead atoms. The molecule has 0 spiro atoms. The highest BCUT2D eigenvalue weighted by Crippen LogP contribution is 2.27. The number of hydrogen-bond donors (Lipinski definition) is 1. The summed E-state index contributed by atoms with van der Waals surface area (Å²) >= 11 is 0. The highest BCUT2D eigenvalue weighted by molar-refractivity contribution is 5.93. The summed E-state index contributed by atoms with van der Waals surface area (Å²) in [5, 5.41) is 2.55. The zero-order valence-corrected chi connectivity index (χ0v) is 11.9. The smallest absolute Gasteiger partial charge is 0.411 e. The molecule has 5 nitrogen and oxygen atoms in total. The molecule has 5 heteroatoms. The number of hydrogen-bond acceptors (Lipinski definition) is 4. The van der Waals surface area contributed by atoms with E-state index in [1.807, 2.05) is 26.8 Å². The molecule has 0 atom stereocenters. The SMILES string of the molecule is COC(=O)Nc1cc(C(=O)OC)cc(C(C)(C)C)c1. The Bertz CT molecular complexity index is 489. The number of methoxy groups -OCH3 is 2. The van der Waals surface area contributed by atoms with Crippen LogP contribution in [0.2, 0.25) is 0 Å². The number of carbonyl (C=O) groups excluding carboxylic acids is 2. The third-order valence-corrected chi connectivity index (χ3v) is 2.65. The van der Waals surface area contributed by atoms with Crippen LogP contribution in [0.15, 0.2) is 18.2 Å².